The Labute approximate surface area is 108 Å². The molecule has 1 N–H and O–H groups in total. The highest BCUT2D eigenvalue weighted by atomic mass is 16.5. The molecule has 18 heavy (non-hydrogen) atoms. The lowest BCUT2D eigenvalue weighted by Crippen LogP contribution is -2.32. The van der Waals surface area contributed by atoms with E-state index in [2.05, 4.69) is 17.3 Å². The SMILES string of the molecule is CN1CCC(COc2ccccc2NC=O)CC1. The largest absolute Gasteiger partial charge is 0.491 e. The number of nitrogens with zero attached hydrogens (tertiary/aromatic N) is 1. The normalized spacial score (nSPS) is 17.4. The zero-order valence-corrected chi connectivity index (χ0v) is 10.8. The van der Waals surface area contributed by atoms with Crippen molar-refractivity contribution in [3.05, 3.63) is 24.3 Å². The summed E-state index contributed by atoms with van der Waals surface area (Å²) in [5, 5.41) is 2.66. The van der Waals surface area contributed by atoms with Crippen molar-refractivity contribution in [1.29, 1.82) is 0 Å². The molecule has 4 heteroatoms. The predicted molar refractivity (Wildman–Crippen MR) is 71.8 cm³/mol. The minimum atomic E-state index is 0.616. The van der Waals surface area contributed by atoms with Gasteiger partial charge in [0.05, 0.1) is 12.3 Å². The number of likely N-dealkylation sites (tertiary alicyclic amines) is 1. The molecule has 1 fully saturated rings. The number of nitrogens with one attached hydrogen (secondary N) is 1. The van der Waals surface area contributed by atoms with Crippen LogP contribution >= 0.6 is 0 Å². The van der Waals surface area contributed by atoms with Crippen molar-refractivity contribution < 1.29 is 9.53 Å². The van der Waals surface area contributed by atoms with E-state index in [1.165, 1.54) is 12.8 Å². The summed E-state index contributed by atoms with van der Waals surface area (Å²) in [4.78, 5) is 12.8. The topological polar surface area (TPSA) is 41.6 Å². The molecule has 4 nitrogen and oxygen atoms in total. The van der Waals surface area contributed by atoms with Crippen LogP contribution in [0.5, 0.6) is 5.75 Å². The van der Waals surface area contributed by atoms with Gasteiger partial charge in [0.15, 0.2) is 0 Å². The van der Waals surface area contributed by atoms with Crippen LogP contribution in [0, 0.1) is 5.92 Å². The molecule has 0 atom stereocenters. The average molecular weight is 248 g/mol. The third-order valence-corrected chi connectivity index (χ3v) is 3.41. The quantitative estimate of drug-likeness (QED) is 0.810. The maximum atomic E-state index is 10.5. The number of carbonyl (C=O) groups excluding carboxylic acids is 1. The van der Waals surface area contributed by atoms with Crippen LogP contribution in [-0.2, 0) is 4.79 Å². The molecule has 1 aliphatic rings. The van der Waals surface area contributed by atoms with Gasteiger partial charge in [-0.1, -0.05) is 12.1 Å². The first-order valence-corrected chi connectivity index (χ1v) is 6.40. The Bertz CT molecular complexity index is 387. The van der Waals surface area contributed by atoms with Crippen LogP contribution in [0.2, 0.25) is 0 Å². The minimum absolute atomic E-state index is 0.616. The van der Waals surface area contributed by atoms with E-state index in [0.717, 1.165) is 31.1 Å². The molecule has 1 saturated heterocycles. The van der Waals surface area contributed by atoms with Crippen LogP contribution in [0.25, 0.3) is 0 Å². The Morgan fingerprint density at radius 2 is 2.11 bits per heavy atom. The number of hydrogen-bond acceptors (Lipinski definition) is 3. The fraction of sp³-hybridized carbons (Fsp3) is 0.500. The van der Waals surface area contributed by atoms with Gasteiger partial charge in [0.1, 0.15) is 5.75 Å². The number of anilines is 1. The molecule has 1 heterocycles. The highest BCUT2D eigenvalue weighted by molar-refractivity contribution is 5.75. The maximum Gasteiger partial charge on any atom is 0.211 e. The molecule has 1 aliphatic heterocycles. The third-order valence-electron chi connectivity index (χ3n) is 3.41. The van der Waals surface area contributed by atoms with Gasteiger partial charge in [-0.25, -0.2) is 0 Å². The Morgan fingerprint density at radius 1 is 1.39 bits per heavy atom. The van der Waals surface area contributed by atoms with Crippen LogP contribution in [0.15, 0.2) is 24.3 Å². The van der Waals surface area contributed by atoms with Crippen molar-refractivity contribution >= 4 is 12.1 Å². The second kappa shape index (κ2) is 6.40. The second-order valence-electron chi connectivity index (χ2n) is 4.82. The van der Waals surface area contributed by atoms with E-state index in [1.54, 1.807) is 0 Å². The van der Waals surface area contributed by atoms with Crippen molar-refractivity contribution in [2.24, 2.45) is 5.92 Å². The molecular weight excluding hydrogens is 228 g/mol. The van der Waals surface area contributed by atoms with Gasteiger partial charge in [-0.15, -0.1) is 0 Å². The highest BCUT2D eigenvalue weighted by Crippen LogP contribution is 2.25. The van der Waals surface area contributed by atoms with Crippen LogP contribution in [0.4, 0.5) is 5.69 Å². The zero-order valence-electron chi connectivity index (χ0n) is 10.8. The Kier molecular flexibility index (Phi) is 4.59. The molecule has 1 amide bonds. The molecule has 0 unspecified atom stereocenters. The molecule has 0 saturated carbocycles. The number of rotatable bonds is 5. The summed E-state index contributed by atoms with van der Waals surface area (Å²) in [5.74, 6) is 1.37. The van der Waals surface area contributed by atoms with E-state index in [4.69, 9.17) is 4.74 Å². The maximum absolute atomic E-state index is 10.5. The molecular formula is C14H20N2O2. The van der Waals surface area contributed by atoms with Gasteiger partial charge in [-0.05, 0) is 51.0 Å². The predicted octanol–water partition coefficient (Wildman–Crippen LogP) is 1.98. The fourth-order valence-electron chi connectivity index (χ4n) is 2.21. The van der Waals surface area contributed by atoms with Crippen molar-refractivity contribution in [1.82, 2.24) is 4.90 Å². The monoisotopic (exact) mass is 248 g/mol. The Balaban J connectivity index is 1.87. The lowest BCUT2D eigenvalue weighted by atomic mass is 9.98. The first kappa shape index (κ1) is 12.9. The van der Waals surface area contributed by atoms with E-state index in [0.29, 0.717) is 12.3 Å². The van der Waals surface area contributed by atoms with Crippen LogP contribution < -0.4 is 10.1 Å². The van der Waals surface area contributed by atoms with Gasteiger partial charge in [0, 0.05) is 0 Å². The zero-order chi connectivity index (χ0) is 12.8. The first-order valence-electron chi connectivity index (χ1n) is 6.40. The number of para-hydroxylation sites is 2. The molecule has 1 aromatic rings. The standard InChI is InChI=1S/C14H20N2O2/c1-16-8-6-12(7-9-16)10-18-14-5-3-2-4-13(14)15-11-17/h2-5,11-12H,6-10H2,1H3,(H,15,17). The smallest absolute Gasteiger partial charge is 0.211 e. The summed E-state index contributed by atoms with van der Waals surface area (Å²) in [6.45, 7) is 3.01. The van der Waals surface area contributed by atoms with E-state index >= 15 is 0 Å². The summed E-state index contributed by atoms with van der Waals surface area (Å²) < 4.78 is 5.82. The molecule has 0 spiro atoms. The third kappa shape index (κ3) is 3.47. The molecule has 2 rings (SSSR count). The van der Waals surface area contributed by atoms with Gasteiger partial charge in [-0.2, -0.15) is 0 Å². The van der Waals surface area contributed by atoms with Gasteiger partial charge in [-0.3, -0.25) is 4.79 Å². The molecule has 0 radical (unpaired) electrons. The summed E-state index contributed by atoms with van der Waals surface area (Å²) in [5.41, 5.74) is 0.737. The summed E-state index contributed by atoms with van der Waals surface area (Å²) >= 11 is 0. The van der Waals surface area contributed by atoms with Crippen LogP contribution in [-0.4, -0.2) is 38.1 Å². The van der Waals surface area contributed by atoms with Gasteiger partial charge >= 0.3 is 0 Å². The molecule has 0 aromatic heterocycles. The molecule has 0 aliphatic carbocycles. The fourth-order valence-corrected chi connectivity index (χ4v) is 2.21. The van der Waals surface area contributed by atoms with Gasteiger partial charge in [0.25, 0.3) is 0 Å². The lowest BCUT2D eigenvalue weighted by molar-refractivity contribution is -0.105. The second-order valence-corrected chi connectivity index (χ2v) is 4.82. The average Bonchev–Trinajstić information content (AvgIpc) is 2.40. The van der Waals surface area contributed by atoms with E-state index < -0.39 is 0 Å². The molecule has 1 aromatic carbocycles. The number of hydrogen-bond donors (Lipinski definition) is 1. The van der Waals surface area contributed by atoms with Gasteiger partial charge in [0.2, 0.25) is 6.41 Å². The minimum Gasteiger partial charge on any atom is -0.491 e. The van der Waals surface area contributed by atoms with E-state index in [1.807, 2.05) is 24.3 Å². The molecule has 0 bridgehead atoms. The molecule has 98 valence electrons. The van der Waals surface area contributed by atoms with Crippen molar-refractivity contribution in [2.45, 2.75) is 12.8 Å². The summed E-state index contributed by atoms with van der Waals surface area (Å²) in [6, 6.07) is 7.54. The van der Waals surface area contributed by atoms with Crippen molar-refractivity contribution in [3.63, 3.8) is 0 Å². The number of amides is 1. The van der Waals surface area contributed by atoms with Crippen molar-refractivity contribution in [2.75, 3.05) is 32.1 Å². The number of carbonyl (C=O) groups is 1. The van der Waals surface area contributed by atoms with Crippen LogP contribution in [0.3, 0.4) is 0 Å². The van der Waals surface area contributed by atoms with Crippen LogP contribution in [0.1, 0.15) is 12.8 Å². The van der Waals surface area contributed by atoms with E-state index in [-0.39, 0.29) is 0 Å². The number of benzene rings is 1. The lowest BCUT2D eigenvalue weighted by Gasteiger charge is -2.28. The number of ether oxygens (including phenoxy) is 1. The number of piperidine rings is 1. The first-order chi connectivity index (χ1) is 8.79. The van der Waals surface area contributed by atoms with Gasteiger partial charge < -0.3 is 15.0 Å². The summed E-state index contributed by atoms with van der Waals surface area (Å²) in [6.07, 6.45) is 3.04. The Morgan fingerprint density at radius 3 is 2.83 bits per heavy atom. The van der Waals surface area contributed by atoms with Crippen molar-refractivity contribution in [3.8, 4) is 5.75 Å². The Hall–Kier alpha value is -1.55. The van der Waals surface area contributed by atoms with E-state index in [9.17, 15) is 4.79 Å². The summed E-state index contributed by atoms with van der Waals surface area (Å²) in [7, 11) is 2.15. The highest BCUT2D eigenvalue weighted by Gasteiger charge is 2.17.